The average molecular weight is 378 g/mol. The summed E-state index contributed by atoms with van der Waals surface area (Å²) < 4.78 is 21.7. The molecule has 6 nitrogen and oxygen atoms in total. The van der Waals surface area contributed by atoms with Gasteiger partial charge in [-0.15, -0.1) is 0 Å². The van der Waals surface area contributed by atoms with Crippen LogP contribution in [-0.4, -0.2) is 57.4 Å². The summed E-state index contributed by atoms with van der Waals surface area (Å²) >= 11 is 0. The lowest BCUT2D eigenvalue weighted by molar-refractivity contribution is -0.892. The Balaban J connectivity index is 3.44. The fraction of sp³-hybridized carbons (Fsp3) is 1.00. The summed E-state index contributed by atoms with van der Waals surface area (Å²) in [5.41, 5.74) is 0. The van der Waals surface area contributed by atoms with E-state index in [1.54, 1.807) is 27.9 Å². The average Bonchev–Trinajstić information content (AvgIpc) is 2.54. The van der Waals surface area contributed by atoms with E-state index in [4.69, 9.17) is 18.9 Å². The predicted octanol–water partition coefficient (Wildman–Crippen LogP) is 4.81. The lowest BCUT2D eigenvalue weighted by Crippen LogP contribution is -2.45. The van der Waals surface area contributed by atoms with E-state index in [-0.39, 0.29) is 0 Å². The molecule has 0 bridgehead atoms. The van der Waals surface area contributed by atoms with Gasteiger partial charge in [-0.3, -0.25) is 0 Å². The fourth-order valence-electron chi connectivity index (χ4n) is 2.48. The van der Waals surface area contributed by atoms with Gasteiger partial charge in [-0.2, -0.15) is 0 Å². The fourth-order valence-corrected chi connectivity index (χ4v) is 2.48. The third-order valence-electron chi connectivity index (χ3n) is 4.37. The highest BCUT2D eigenvalue weighted by molar-refractivity contribution is 4.46. The first-order valence-electron chi connectivity index (χ1n) is 10.3. The van der Waals surface area contributed by atoms with Crippen molar-refractivity contribution < 1.29 is 23.6 Å². The summed E-state index contributed by atoms with van der Waals surface area (Å²) in [6.45, 7) is 9.42. The van der Waals surface area contributed by atoms with E-state index >= 15 is 0 Å². The van der Waals surface area contributed by atoms with Gasteiger partial charge in [0.2, 0.25) is 0 Å². The maximum absolute atomic E-state index is 11.7. The van der Waals surface area contributed by atoms with Crippen molar-refractivity contribution in [2.45, 2.75) is 97.9 Å². The number of hydroxylamine groups is 3. The van der Waals surface area contributed by atoms with Crippen LogP contribution in [0, 0.1) is 5.21 Å². The SMILES string of the molecule is CCCCCCCCCCOCCOC(C)OC(C)OC(C)[N+](C)(C)[O-]. The molecular formula is C20H43NO5. The summed E-state index contributed by atoms with van der Waals surface area (Å²) in [4.78, 5) is 0. The van der Waals surface area contributed by atoms with Gasteiger partial charge < -0.3 is 28.8 Å². The molecule has 158 valence electrons. The zero-order valence-electron chi connectivity index (χ0n) is 18.0. The van der Waals surface area contributed by atoms with Crippen LogP contribution in [0.3, 0.4) is 0 Å². The zero-order chi connectivity index (χ0) is 19.8. The van der Waals surface area contributed by atoms with Crippen molar-refractivity contribution in [3.8, 4) is 0 Å². The van der Waals surface area contributed by atoms with Crippen molar-refractivity contribution in [2.75, 3.05) is 33.9 Å². The molecular weight excluding hydrogens is 334 g/mol. The van der Waals surface area contributed by atoms with Crippen LogP contribution in [0.4, 0.5) is 0 Å². The van der Waals surface area contributed by atoms with Crippen LogP contribution in [0.15, 0.2) is 0 Å². The monoisotopic (exact) mass is 377 g/mol. The first-order valence-corrected chi connectivity index (χ1v) is 10.3. The molecule has 0 aliphatic rings. The first-order chi connectivity index (χ1) is 12.3. The maximum atomic E-state index is 11.7. The Morgan fingerprint density at radius 3 is 1.88 bits per heavy atom. The summed E-state index contributed by atoms with van der Waals surface area (Å²) in [7, 11) is 3.09. The molecule has 0 rings (SSSR count). The van der Waals surface area contributed by atoms with E-state index < -0.39 is 23.5 Å². The van der Waals surface area contributed by atoms with Crippen molar-refractivity contribution in [3.05, 3.63) is 5.21 Å². The van der Waals surface area contributed by atoms with E-state index in [1.807, 2.05) is 6.92 Å². The standard InChI is InChI=1S/C20H43NO5/c1-7-8-9-10-11-12-13-14-15-23-16-17-24-19(3)26-20(4)25-18(2)21(5,6)22/h18-20H,7-17H2,1-6H3. The Morgan fingerprint density at radius 1 is 0.731 bits per heavy atom. The lowest BCUT2D eigenvalue weighted by atomic mass is 10.1. The van der Waals surface area contributed by atoms with E-state index in [0.717, 1.165) is 13.0 Å². The van der Waals surface area contributed by atoms with Crippen LogP contribution in [0.25, 0.3) is 0 Å². The van der Waals surface area contributed by atoms with E-state index in [9.17, 15) is 5.21 Å². The molecule has 3 atom stereocenters. The minimum absolute atomic E-state index is 0.397. The van der Waals surface area contributed by atoms with Crippen LogP contribution in [0.5, 0.6) is 0 Å². The molecule has 6 heteroatoms. The van der Waals surface area contributed by atoms with Crippen LogP contribution < -0.4 is 0 Å². The van der Waals surface area contributed by atoms with Crippen LogP contribution in [0.2, 0.25) is 0 Å². The van der Waals surface area contributed by atoms with Crippen LogP contribution >= 0.6 is 0 Å². The van der Waals surface area contributed by atoms with Gasteiger partial charge in [0.1, 0.15) is 0 Å². The topological polar surface area (TPSA) is 60.0 Å². The van der Waals surface area contributed by atoms with Crippen LogP contribution in [-0.2, 0) is 18.9 Å². The molecule has 0 heterocycles. The first kappa shape index (κ1) is 25.8. The summed E-state index contributed by atoms with van der Waals surface area (Å²) in [5, 5.41) is 11.7. The number of rotatable bonds is 18. The van der Waals surface area contributed by atoms with Crippen molar-refractivity contribution >= 4 is 0 Å². The molecule has 0 saturated heterocycles. The Bertz CT molecular complexity index is 309. The number of hydrogen-bond donors (Lipinski definition) is 0. The number of ether oxygens (including phenoxy) is 4. The molecule has 0 aromatic heterocycles. The van der Waals surface area contributed by atoms with Gasteiger partial charge in [-0.05, 0) is 20.3 Å². The molecule has 0 aliphatic heterocycles. The molecule has 0 amide bonds. The summed E-state index contributed by atoms with van der Waals surface area (Å²) in [6, 6.07) is 0. The third kappa shape index (κ3) is 16.0. The second-order valence-corrected chi connectivity index (χ2v) is 7.40. The molecule has 0 spiro atoms. The predicted molar refractivity (Wildman–Crippen MR) is 105 cm³/mol. The van der Waals surface area contributed by atoms with Gasteiger partial charge in [-0.25, -0.2) is 0 Å². The highest BCUT2D eigenvalue weighted by Gasteiger charge is 2.19. The highest BCUT2D eigenvalue weighted by Crippen LogP contribution is 2.11. The number of unbranched alkanes of at least 4 members (excludes halogenated alkanes) is 7. The van der Waals surface area contributed by atoms with Crippen molar-refractivity contribution in [3.63, 3.8) is 0 Å². The minimum Gasteiger partial charge on any atom is -0.631 e. The quantitative estimate of drug-likeness (QED) is 0.148. The molecule has 0 radical (unpaired) electrons. The van der Waals surface area contributed by atoms with Gasteiger partial charge in [-0.1, -0.05) is 51.9 Å². The minimum atomic E-state index is -0.518. The summed E-state index contributed by atoms with van der Waals surface area (Å²) in [5.74, 6) is 0. The number of quaternary nitrogens is 1. The molecule has 0 saturated carbocycles. The Kier molecular flexibility index (Phi) is 15.6. The summed E-state index contributed by atoms with van der Waals surface area (Å²) in [6.07, 6.45) is 9.05. The molecule has 3 unspecified atom stereocenters. The lowest BCUT2D eigenvalue weighted by Gasteiger charge is -2.40. The Morgan fingerprint density at radius 2 is 1.31 bits per heavy atom. The smallest absolute Gasteiger partial charge is 0.192 e. The van der Waals surface area contributed by atoms with Crippen LogP contribution in [0.1, 0.15) is 79.1 Å². The number of hydrogen-bond acceptors (Lipinski definition) is 5. The van der Waals surface area contributed by atoms with Gasteiger partial charge in [0.05, 0.1) is 27.3 Å². The van der Waals surface area contributed by atoms with Crippen molar-refractivity contribution in [1.82, 2.24) is 0 Å². The van der Waals surface area contributed by atoms with Gasteiger partial charge >= 0.3 is 0 Å². The van der Waals surface area contributed by atoms with Gasteiger partial charge in [0.15, 0.2) is 18.8 Å². The molecule has 0 aromatic carbocycles. The molecule has 0 aliphatic carbocycles. The van der Waals surface area contributed by atoms with E-state index in [0.29, 0.717) is 13.2 Å². The molecule has 0 fully saturated rings. The highest BCUT2D eigenvalue weighted by atomic mass is 16.8. The second kappa shape index (κ2) is 15.8. The number of nitrogens with zero attached hydrogens (tertiary/aromatic N) is 1. The Hall–Kier alpha value is -0.240. The second-order valence-electron chi connectivity index (χ2n) is 7.40. The molecule has 26 heavy (non-hydrogen) atoms. The van der Waals surface area contributed by atoms with E-state index in [1.165, 1.54) is 44.9 Å². The van der Waals surface area contributed by atoms with Crippen molar-refractivity contribution in [2.24, 2.45) is 0 Å². The van der Waals surface area contributed by atoms with Crippen molar-refractivity contribution in [1.29, 1.82) is 0 Å². The molecule has 0 N–H and O–H groups in total. The van der Waals surface area contributed by atoms with E-state index in [2.05, 4.69) is 6.92 Å². The third-order valence-corrected chi connectivity index (χ3v) is 4.37. The maximum Gasteiger partial charge on any atom is 0.192 e. The largest absolute Gasteiger partial charge is 0.631 e. The normalized spacial score (nSPS) is 15.8. The van der Waals surface area contributed by atoms with Gasteiger partial charge in [0, 0.05) is 13.5 Å². The van der Waals surface area contributed by atoms with Gasteiger partial charge in [0.25, 0.3) is 0 Å². The Labute approximate surface area is 161 Å². The zero-order valence-corrected chi connectivity index (χ0v) is 18.0. The molecule has 0 aromatic rings.